The SMILES string of the molecule is CC(C)[C@@H](NC(=O)COC(=O)/C=C/c1ccc(C#N)cc1)c1ccc2c(c1)OCCO2. The standard InChI is InChI=1S/C24H24N2O5/c1-16(2)24(19-8-9-20-21(13-19)30-12-11-29-20)26-22(27)15-31-23(28)10-7-17-3-5-18(14-25)6-4-17/h3-10,13,16,24H,11-12,15H2,1-2H3,(H,26,27)/b10-7+/t24-/m1/s1. The monoisotopic (exact) mass is 420 g/mol. The molecule has 0 fully saturated rings. The lowest BCUT2D eigenvalue weighted by molar-refractivity contribution is -0.144. The number of nitrogens with zero attached hydrogens (tertiary/aromatic N) is 1. The van der Waals surface area contributed by atoms with Gasteiger partial charge in [-0.15, -0.1) is 0 Å². The van der Waals surface area contributed by atoms with Crippen molar-refractivity contribution in [2.45, 2.75) is 19.9 Å². The molecule has 1 N–H and O–H groups in total. The molecule has 1 amide bonds. The minimum Gasteiger partial charge on any atom is -0.486 e. The fraction of sp³-hybridized carbons (Fsp3) is 0.292. The zero-order valence-electron chi connectivity index (χ0n) is 17.5. The Balaban J connectivity index is 1.54. The number of amides is 1. The van der Waals surface area contributed by atoms with Crippen LogP contribution in [0, 0.1) is 17.2 Å². The van der Waals surface area contributed by atoms with Gasteiger partial charge in [0.2, 0.25) is 0 Å². The summed E-state index contributed by atoms with van der Waals surface area (Å²) in [5.74, 6) is 0.432. The number of carbonyl (C=O) groups excluding carboxylic acids is 2. The zero-order valence-corrected chi connectivity index (χ0v) is 17.5. The summed E-state index contributed by atoms with van der Waals surface area (Å²) in [6, 6.07) is 14.1. The Morgan fingerprint density at radius 1 is 1.13 bits per heavy atom. The van der Waals surface area contributed by atoms with E-state index < -0.39 is 11.9 Å². The molecule has 7 nitrogen and oxygen atoms in total. The highest BCUT2D eigenvalue weighted by molar-refractivity contribution is 5.89. The van der Waals surface area contributed by atoms with E-state index in [9.17, 15) is 9.59 Å². The van der Waals surface area contributed by atoms with Gasteiger partial charge in [-0.05, 0) is 47.4 Å². The van der Waals surface area contributed by atoms with Gasteiger partial charge < -0.3 is 19.5 Å². The molecule has 0 aromatic heterocycles. The van der Waals surface area contributed by atoms with E-state index in [1.807, 2.05) is 38.1 Å². The van der Waals surface area contributed by atoms with Gasteiger partial charge in [-0.2, -0.15) is 5.26 Å². The number of nitrogens with one attached hydrogen (secondary N) is 1. The lowest BCUT2D eigenvalue weighted by Crippen LogP contribution is -2.35. The van der Waals surface area contributed by atoms with E-state index >= 15 is 0 Å². The maximum atomic E-state index is 12.4. The first kappa shape index (κ1) is 21.9. The number of nitriles is 1. The minimum absolute atomic E-state index is 0.110. The average molecular weight is 420 g/mol. The molecule has 2 aromatic rings. The zero-order chi connectivity index (χ0) is 22.2. The van der Waals surface area contributed by atoms with E-state index in [0.717, 1.165) is 11.1 Å². The van der Waals surface area contributed by atoms with E-state index in [2.05, 4.69) is 5.32 Å². The van der Waals surface area contributed by atoms with Gasteiger partial charge >= 0.3 is 5.97 Å². The molecule has 1 aliphatic heterocycles. The summed E-state index contributed by atoms with van der Waals surface area (Å²) in [4.78, 5) is 24.3. The summed E-state index contributed by atoms with van der Waals surface area (Å²) in [6.07, 6.45) is 2.81. The highest BCUT2D eigenvalue weighted by atomic mass is 16.6. The van der Waals surface area contributed by atoms with Crippen molar-refractivity contribution in [3.8, 4) is 17.6 Å². The molecule has 0 unspecified atom stereocenters. The van der Waals surface area contributed by atoms with Crippen LogP contribution in [-0.2, 0) is 14.3 Å². The van der Waals surface area contributed by atoms with Crippen molar-refractivity contribution in [3.63, 3.8) is 0 Å². The Morgan fingerprint density at radius 3 is 2.52 bits per heavy atom. The molecule has 0 spiro atoms. The van der Waals surface area contributed by atoms with Crippen molar-refractivity contribution in [2.75, 3.05) is 19.8 Å². The van der Waals surface area contributed by atoms with Gasteiger partial charge in [-0.3, -0.25) is 4.79 Å². The quantitative estimate of drug-likeness (QED) is 0.545. The molecule has 0 aliphatic carbocycles. The molecule has 0 saturated carbocycles. The predicted molar refractivity (Wildman–Crippen MR) is 114 cm³/mol. The van der Waals surface area contributed by atoms with Gasteiger partial charge in [0.1, 0.15) is 13.2 Å². The van der Waals surface area contributed by atoms with Crippen LogP contribution in [0.5, 0.6) is 11.5 Å². The normalized spacial score (nSPS) is 13.5. The molecule has 1 atom stereocenters. The van der Waals surface area contributed by atoms with Crippen LogP contribution in [0.25, 0.3) is 6.08 Å². The second-order valence-corrected chi connectivity index (χ2v) is 7.37. The van der Waals surface area contributed by atoms with Crippen molar-refractivity contribution < 1.29 is 23.8 Å². The highest BCUT2D eigenvalue weighted by Gasteiger charge is 2.21. The molecule has 0 bridgehead atoms. The average Bonchev–Trinajstić information content (AvgIpc) is 2.79. The number of ether oxygens (including phenoxy) is 3. The van der Waals surface area contributed by atoms with E-state index in [1.54, 1.807) is 30.3 Å². The smallest absolute Gasteiger partial charge is 0.331 e. The largest absolute Gasteiger partial charge is 0.486 e. The molecule has 31 heavy (non-hydrogen) atoms. The summed E-state index contributed by atoms with van der Waals surface area (Å²) in [5.41, 5.74) is 2.17. The molecule has 3 rings (SSSR count). The third kappa shape index (κ3) is 6.09. The van der Waals surface area contributed by atoms with Crippen LogP contribution in [0.3, 0.4) is 0 Å². The third-order valence-electron chi connectivity index (χ3n) is 4.71. The first-order valence-corrected chi connectivity index (χ1v) is 10.00. The van der Waals surface area contributed by atoms with Crippen LogP contribution in [0.1, 0.15) is 36.6 Å². The number of esters is 1. The summed E-state index contributed by atoms with van der Waals surface area (Å²) >= 11 is 0. The van der Waals surface area contributed by atoms with Crippen molar-refractivity contribution in [1.82, 2.24) is 5.32 Å². The number of benzene rings is 2. The number of rotatable bonds is 7. The number of fused-ring (bicyclic) bond motifs is 1. The summed E-state index contributed by atoms with van der Waals surface area (Å²) in [5, 5.41) is 11.7. The first-order valence-electron chi connectivity index (χ1n) is 10.00. The number of hydrogen-bond acceptors (Lipinski definition) is 6. The molecular formula is C24H24N2O5. The number of carbonyl (C=O) groups is 2. The fourth-order valence-corrected chi connectivity index (χ4v) is 3.12. The second kappa shape index (κ2) is 10.3. The van der Waals surface area contributed by atoms with E-state index in [4.69, 9.17) is 19.5 Å². The Morgan fingerprint density at radius 2 is 1.84 bits per heavy atom. The highest BCUT2D eigenvalue weighted by Crippen LogP contribution is 2.34. The summed E-state index contributed by atoms with van der Waals surface area (Å²) in [6.45, 7) is 4.61. The fourth-order valence-electron chi connectivity index (χ4n) is 3.12. The van der Waals surface area contributed by atoms with Crippen LogP contribution in [-0.4, -0.2) is 31.7 Å². The Labute approximate surface area is 181 Å². The van der Waals surface area contributed by atoms with Gasteiger partial charge in [0, 0.05) is 6.08 Å². The predicted octanol–water partition coefficient (Wildman–Crippen LogP) is 3.40. The van der Waals surface area contributed by atoms with E-state index in [-0.39, 0.29) is 18.6 Å². The third-order valence-corrected chi connectivity index (χ3v) is 4.71. The molecule has 7 heteroatoms. The topological polar surface area (TPSA) is 97.7 Å². The Hall–Kier alpha value is -3.79. The van der Waals surface area contributed by atoms with E-state index in [0.29, 0.717) is 30.3 Å². The van der Waals surface area contributed by atoms with Crippen LogP contribution >= 0.6 is 0 Å². The summed E-state index contributed by atoms with van der Waals surface area (Å²) < 4.78 is 16.2. The van der Waals surface area contributed by atoms with Crippen LogP contribution in [0.4, 0.5) is 0 Å². The second-order valence-electron chi connectivity index (χ2n) is 7.37. The van der Waals surface area contributed by atoms with Crippen LogP contribution in [0.15, 0.2) is 48.5 Å². The molecule has 2 aromatic carbocycles. The Bertz CT molecular complexity index is 1010. The van der Waals surface area contributed by atoms with Gasteiger partial charge in [0.15, 0.2) is 18.1 Å². The molecule has 160 valence electrons. The van der Waals surface area contributed by atoms with Crippen LogP contribution < -0.4 is 14.8 Å². The molecule has 1 heterocycles. The van der Waals surface area contributed by atoms with Crippen molar-refractivity contribution in [1.29, 1.82) is 5.26 Å². The van der Waals surface area contributed by atoms with Gasteiger partial charge in [-0.25, -0.2) is 4.79 Å². The van der Waals surface area contributed by atoms with Gasteiger partial charge in [-0.1, -0.05) is 32.0 Å². The molecular weight excluding hydrogens is 396 g/mol. The maximum absolute atomic E-state index is 12.4. The molecule has 0 saturated heterocycles. The van der Waals surface area contributed by atoms with Gasteiger partial charge in [0.05, 0.1) is 17.7 Å². The van der Waals surface area contributed by atoms with Crippen LogP contribution in [0.2, 0.25) is 0 Å². The summed E-state index contributed by atoms with van der Waals surface area (Å²) in [7, 11) is 0. The molecule has 1 aliphatic rings. The maximum Gasteiger partial charge on any atom is 0.331 e. The van der Waals surface area contributed by atoms with Crippen molar-refractivity contribution in [3.05, 3.63) is 65.2 Å². The van der Waals surface area contributed by atoms with Crippen molar-refractivity contribution >= 4 is 18.0 Å². The van der Waals surface area contributed by atoms with Gasteiger partial charge in [0.25, 0.3) is 5.91 Å². The lowest BCUT2D eigenvalue weighted by Gasteiger charge is -2.25. The molecule has 0 radical (unpaired) electrons. The Kier molecular flexibility index (Phi) is 7.28. The van der Waals surface area contributed by atoms with E-state index in [1.165, 1.54) is 6.08 Å². The lowest BCUT2D eigenvalue weighted by atomic mass is 9.95. The number of hydrogen-bond donors (Lipinski definition) is 1. The minimum atomic E-state index is -0.625. The first-order chi connectivity index (χ1) is 15.0. The van der Waals surface area contributed by atoms with Crippen molar-refractivity contribution in [2.24, 2.45) is 5.92 Å².